The molecule has 2 aliphatic heterocycles. The molecule has 28 heteroatoms. The van der Waals surface area contributed by atoms with Crippen molar-refractivity contribution in [1.82, 2.24) is 88.8 Å². The molecule has 2 saturated carbocycles. The monoisotopic (exact) mass is 1280 g/mol. The Kier molecular flexibility index (Phi) is 16.9. The third-order valence-corrected chi connectivity index (χ3v) is 15.8. The van der Waals surface area contributed by atoms with E-state index in [1.165, 1.54) is 24.9 Å². The van der Waals surface area contributed by atoms with Crippen LogP contribution in [0.5, 0.6) is 11.8 Å². The van der Waals surface area contributed by atoms with E-state index in [-0.39, 0.29) is 58.7 Å². The van der Waals surface area contributed by atoms with Crippen molar-refractivity contribution in [2.45, 2.75) is 50.6 Å². The van der Waals surface area contributed by atoms with Crippen LogP contribution in [0.2, 0.25) is 10.0 Å². The first-order valence-corrected chi connectivity index (χ1v) is 30.0. The number of fused-ring (bicyclic) bond motifs is 4. The number of rotatable bonds is 12. The van der Waals surface area contributed by atoms with E-state index >= 15 is 0 Å². The van der Waals surface area contributed by atoms with Crippen LogP contribution in [0.25, 0.3) is 67.6 Å². The van der Waals surface area contributed by atoms with E-state index in [9.17, 15) is 28.0 Å². The van der Waals surface area contributed by atoms with Gasteiger partial charge in [-0.1, -0.05) is 47.5 Å². The predicted molar refractivity (Wildman–Crippen MR) is 334 cm³/mol. The number of nitrogens with one attached hydrogen (secondary N) is 2. The summed E-state index contributed by atoms with van der Waals surface area (Å²) in [6.07, 6.45) is 15.8. The van der Waals surface area contributed by atoms with Crippen molar-refractivity contribution in [2.24, 2.45) is 0 Å². The number of benzene rings is 3. The Hall–Kier alpha value is -10.9. The fourth-order valence-corrected chi connectivity index (χ4v) is 10.4. The van der Waals surface area contributed by atoms with E-state index in [0.29, 0.717) is 85.5 Å². The van der Waals surface area contributed by atoms with Crippen molar-refractivity contribution in [2.75, 3.05) is 40.4 Å². The summed E-state index contributed by atoms with van der Waals surface area (Å²) < 4.78 is 44.4. The van der Waals surface area contributed by atoms with Gasteiger partial charge in [0.15, 0.2) is 62.7 Å². The molecule has 2 N–H and O–H groups in total. The van der Waals surface area contributed by atoms with Gasteiger partial charge >= 0.3 is 6.01 Å². The maximum atomic E-state index is 14.2. The molecule has 0 unspecified atom stereocenters. The number of halogens is 4. The molecule has 0 spiro atoms. The lowest BCUT2D eigenvalue weighted by Gasteiger charge is -2.30. The zero-order chi connectivity index (χ0) is 63.6. The predicted octanol–water partition coefficient (Wildman–Crippen LogP) is 9.45. The maximum absolute atomic E-state index is 14.2. The topological polar surface area (TPSA) is 264 Å². The quantitative estimate of drug-likeness (QED) is 0.115. The van der Waals surface area contributed by atoms with Gasteiger partial charge in [0, 0.05) is 108 Å². The maximum Gasteiger partial charge on any atom is 0.316 e. The van der Waals surface area contributed by atoms with Crippen molar-refractivity contribution in [3.05, 3.63) is 191 Å². The Morgan fingerprint density at radius 3 is 1.15 bits per heavy atom. The second-order valence-electron chi connectivity index (χ2n) is 21.6. The molecule has 11 heterocycles. The molecule has 4 amide bonds. The fraction of sp³-hybridized carbons (Fsp3) is 0.219. The van der Waals surface area contributed by atoms with Crippen molar-refractivity contribution in [3.63, 3.8) is 0 Å². The van der Waals surface area contributed by atoms with Crippen molar-refractivity contribution in [1.29, 1.82) is 0 Å². The van der Waals surface area contributed by atoms with Crippen LogP contribution in [-0.4, -0.2) is 154 Å². The van der Waals surface area contributed by atoms with Gasteiger partial charge in [-0.05, 0) is 123 Å². The largest absolute Gasteiger partial charge is 0.491 e. The van der Waals surface area contributed by atoms with E-state index in [1.54, 1.807) is 109 Å². The van der Waals surface area contributed by atoms with E-state index in [0.717, 1.165) is 74.9 Å². The number of aromatic nitrogens is 14. The van der Waals surface area contributed by atoms with Crippen LogP contribution in [0.1, 0.15) is 80.5 Å². The summed E-state index contributed by atoms with van der Waals surface area (Å²) in [6, 6.07) is 32.0. The highest BCUT2D eigenvalue weighted by atomic mass is 35.5. The second-order valence-corrected chi connectivity index (χ2v) is 22.5. The van der Waals surface area contributed by atoms with Gasteiger partial charge in [0.2, 0.25) is 0 Å². The van der Waals surface area contributed by atoms with Gasteiger partial charge in [-0.2, -0.15) is 20.4 Å². The molecule has 4 aliphatic rings. The number of carbonyl (C=O) groups excluding carboxylic acids is 4. The second kappa shape index (κ2) is 25.9. The van der Waals surface area contributed by atoms with Gasteiger partial charge in [-0.3, -0.25) is 19.2 Å². The van der Waals surface area contributed by atoms with Crippen molar-refractivity contribution in [3.8, 4) is 56.8 Å². The third-order valence-electron chi connectivity index (χ3n) is 15.3. The first-order chi connectivity index (χ1) is 44.8. The number of methoxy groups -OCH3 is 2. The molecule has 92 heavy (non-hydrogen) atoms. The summed E-state index contributed by atoms with van der Waals surface area (Å²) in [5.74, 6) is -2.86. The Morgan fingerprint density at radius 2 is 0.815 bits per heavy atom. The van der Waals surface area contributed by atoms with Gasteiger partial charge in [0.1, 0.15) is 22.8 Å². The molecule has 464 valence electrons. The Bertz CT molecular complexity index is 4730. The first kappa shape index (κ1) is 60.1. The number of hydrogen-bond donors (Lipinski definition) is 2. The van der Waals surface area contributed by atoms with Gasteiger partial charge in [0.25, 0.3) is 23.6 Å². The highest BCUT2D eigenvalue weighted by Gasteiger charge is 2.33. The molecule has 2 aliphatic carbocycles. The molecular formula is C64H54Cl2F2N18O6. The smallest absolute Gasteiger partial charge is 0.316 e. The summed E-state index contributed by atoms with van der Waals surface area (Å²) in [7, 11) is 2.69. The van der Waals surface area contributed by atoms with Crippen molar-refractivity contribution < 1.29 is 37.4 Å². The minimum Gasteiger partial charge on any atom is -0.491 e. The minimum absolute atomic E-state index is 0.0401. The Labute approximate surface area is 531 Å². The molecule has 24 nitrogen and oxygen atoms in total. The summed E-state index contributed by atoms with van der Waals surface area (Å²) in [5.41, 5.74) is 8.41. The zero-order valence-corrected chi connectivity index (χ0v) is 50.7. The van der Waals surface area contributed by atoms with Gasteiger partial charge in [-0.15, -0.1) is 0 Å². The number of amides is 4. The van der Waals surface area contributed by atoms with E-state index in [1.807, 2.05) is 42.5 Å². The number of carbonyl (C=O) groups is 4. The molecule has 4 fully saturated rings. The molecular weight excluding hydrogens is 1230 g/mol. The Balaban J connectivity index is 0.000000112. The molecule has 3 aromatic carbocycles. The number of nitrogens with zero attached hydrogens (tertiary/aromatic N) is 16. The highest BCUT2D eigenvalue weighted by Crippen LogP contribution is 2.34. The summed E-state index contributed by atoms with van der Waals surface area (Å²) in [4.78, 5) is 79.7. The number of imidazole rings is 4. The zero-order valence-electron chi connectivity index (χ0n) is 49.2. The Morgan fingerprint density at radius 1 is 0.467 bits per heavy atom. The third kappa shape index (κ3) is 12.4. The summed E-state index contributed by atoms with van der Waals surface area (Å²) in [6.45, 7) is 2.87. The number of hydrogen-bond acceptors (Lipinski definition) is 16. The first-order valence-electron chi connectivity index (χ1n) is 29.3. The van der Waals surface area contributed by atoms with Crippen LogP contribution < -0.4 is 20.1 Å². The summed E-state index contributed by atoms with van der Waals surface area (Å²) >= 11 is 11.9. The normalized spacial score (nSPS) is 14.0. The van der Waals surface area contributed by atoms with Crippen LogP contribution in [-0.2, 0) is 0 Å². The lowest BCUT2D eigenvalue weighted by atomic mass is 10.1. The van der Waals surface area contributed by atoms with Crippen LogP contribution in [0.15, 0.2) is 146 Å². The van der Waals surface area contributed by atoms with E-state index in [4.69, 9.17) is 32.7 Å². The minimum atomic E-state index is -0.856. The lowest BCUT2D eigenvalue weighted by Crippen LogP contribution is -2.42. The highest BCUT2D eigenvalue weighted by molar-refractivity contribution is 6.31. The molecule has 16 rings (SSSR count). The number of likely N-dealkylation sites (tertiary alicyclic amines) is 2. The van der Waals surface area contributed by atoms with Gasteiger partial charge < -0.3 is 29.9 Å². The van der Waals surface area contributed by atoms with E-state index < -0.39 is 17.4 Å². The molecule has 0 bridgehead atoms. The van der Waals surface area contributed by atoms with E-state index in [2.05, 4.69) is 60.9 Å². The van der Waals surface area contributed by atoms with Gasteiger partial charge in [-0.25, -0.2) is 56.7 Å². The SMILES string of the molecule is COc1c(F)cc(-c2c(C(=O)N3CCC3)nc3cccnn23)cc1F.COc1ncc(-c2c(C(=O)NC3CC3)nc3cccnn23)cn1.O=C(NC1CC1)c1nc2cccnn2c1-c1ccc(Cl)cc1.O=C(c1nc2cccnn2c1-c1ccc(Cl)cc1)N1CCC1. The molecule has 0 atom stereocenters. The van der Waals surface area contributed by atoms with Crippen molar-refractivity contribution >= 4 is 69.4 Å². The molecule has 0 radical (unpaired) electrons. The lowest BCUT2D eigenvalue weighted by molar-refractivity contribution is 0.0640. The summed E-state index contributed by atoms with van der Waals surface area (Å²) in [5, 5.41) is 24.4. The number of ether oxygens (including phenoxy) is 2. The van der Waals surface area contributed by atoms with Crippen LogP contribution in [0.3, 0.4) is 0 Å². The average molecular weight is 1280 g/mol. The average Bonchev–Trinajstić information content (AvgIpc) is 1.66. The molecule has 9 aromatic heterocycles. The molecule has 2 saturated heterocycles. The van der Waals surface area contributed by atoms with Crippen LogP contribution in [0, 0.1) is 11.6 Å². The van der Waals surface area contributed by atoms with Crippen LogP contribution >= 0.6 is 23.2 Å². The standard InChI is InChI=1S/C17H14F2N4O2.2C16H13ClN4O.C15H14N6O2/c1-25-16-11(18)8-10(9-12(16)19)15-14(17(24)22-6-3-7-22)21-13-4-2-5-20-23(13)15;17-12-6-4-11(5-7-12)15-14(16(22)20-9-2-10-20)19-13-3-1-8-18-21(13)15;17-11-5-3-10(4-6-11)15-14(16(22)19-12-7-8-12)20-13-2-1-9-18-21(13)15;1-23-15-16-7-9(8-17-15)13-12(14(22)19-10-4-5-10)20-11-3-2-6-18-21(11)13/h2,4-5,8-9H,3,6-7H2,1H3;1,3-8H,2,9-10H2;1-6,9,12H,7-8H2,(H,19,22);2-3,6-8,10H,4-5H2,1H3,(H,19,22). The fourth-order valence-electron chi connectivity index (χ4n) is 10.2. The van der Waals surface area contributed by atoms with Gasteiger partial charge in [0.05, 0.1) is 14.2 Å². The molecule has 12 aromatic rings. The van der Waals surface area contributed by atoms with Crippen LogP contribution in [0.4, 0.5) is 8.78 Å².